The van der Waals surface area contributed by atoms with E-state index in [1.165, 1.54) is 0 Å². The van der Waals surface area contributed by atoms with Crippen molar-refractivity contribution in [3.63, 3.8) is 0 Å². The van der Waals surface area contributed by atoms with Crippen molar-refractivity contribution < 1.29 is 9.59 Å². The highest BCUT2D eigenvalue weighted by molar-refractivity contribution is 6.07. The molecule has 0 spiro atoms. The molecule has 2 aliphatic rings. The normalized spacial score (nSPS) is 18.5. The Labute approximate surface area is 142 Å². The van der Waals surface area contributed by atoms with E-state index in [4.69, 9.17) is 0 Å². The molecule has 0 radical (unpaired) electrons. The summed E-state index contributed by atoms with van der Waals surface area (Å²) in [5, 5.41) is 2.09. The summed E-state index contributed by atoms with van der Waals surface area (Å²) in [6.07, 6.45) is 2.70. The summed E-state index contributed by atoms with van der Waals surface area (Å²) >= 11 is 0. The molecule has 2 amide bonds. The number of likely N-dealkylation sites (tertiary alicyclic amines) is 2. The first-order valence-corrected chi connectivity index (χ1v) is 8.80. The predicted octanol–water partition coefficient (Wildman–Crippen LogP) is 2.92. The number of carbonyl (C=O) groups excluding carboxylic acids is 2. The lowest BCUT2D eigenvalue weighted by atomic mass is 9.93. The standard InChI is InChI=1S/C20H22N2O2/c23-19(21-11-4-12-21)16-9-13-22(14-10-16)20(24)18-8-3-6-15-5-1-2-7-17(15)18/h1-3,5-8,16H,4,9-14H2. The minimum absolute atomic E-state index is 0.0849. The topological polar surface area (TPSA) is 40.6 Å². The Morgan fingerprint density at radius 3 is 2.25 bits per heavy atom. The molecular formula is C20H22N2O2. The van der Waals surface area contributed by atoms with Gasteiger partial charge in [-0.25, -0.2) is 0 Å². The number of piperidine rings is 1. The van der Waals surface area contributed by atoms with Gasteiger partial charge in [-0.15, -0.1) is 0 Å². The zero-order valence-electron chi connectivity index (χ0n) is 13.8. The van der Waals surface area contributed by atoms with Gasteiger partial charge in [0.1, 0.15) is 0 Å². The number of fused-ring (bicyclic) bond motifs is 1. The van der Waals surface area contributed by atoms with Crippen LogP contribution in [0.3, 0.4) is 0 Å². The highest BCUT2D eigenvalue weighted by atomic mass is 16.2. The van der Waals surface area contributed by atoms with Gasteiger partial charge in [0.2, 0.25) is 5.91 Å². The molecule has 4 nitrogen and oxygen atoms in total. The maximum absolute atomic E-state index is 12.9. The minimum atomic E-state index is 0.0849. The summed E-state index contributed by atoms with van der Waals surface area (Å²) in [5.41, 5.74) is 0.764. The Kier molecular flexibility index (Phi) is 3.97. The summed E-state index contributed by atoms with van der Waals surface area (Å²) in [6.45, 7) is 3.17. The van der Waals surface area contributed by atoms with E-state index < -0.39 is 0 Å². The van der Waals surface area contributed by atoms with Gasteiger partial charge < -0.3 is 9.80 Å². The van der Waals surface area contributed by atoms with Crippen LogP contribution < -0.4 is 0 Å². The van der Waals surface area contributed by atoms with Gasteiger partial charge in [0.15, 0.2) is 0 Å². The number of amides is 2. The Hall–Kier alpha value is -2.36. The molecular weight excluding hydrogens is 300 g/mol. The van der Waals surface area contributed by atoms with E-state index in [2.05, 4.69) is 0 Å². The average Bonchev–Trinajstić information content (AvgIpc) is 2.59. The van der Waals surface area contributed by atoms with Crippen LogP contribution >= 0.6 is 0 Å². The maximum atomic E-state index is 12.9. The third kappa shape index (κ3) is 2.66. The monoisotopic (exact) mass is 322 g/mol. The molecule has 2 heterocycles. The van der Waals surface area contributed by atoms with Crippen molar-refractivity contribution in [2.24, 2.45) is 5.92 Å². The first-order chi connectivity index (χ1) is 11.7. The molecule has 2 aromatic rings. The van der Waals surface area contributed by atoms with Crippen molar-refractivity contribution in [1.82, 2.24) is 9.80 Å². The van der Waals surface area contributed by atoms with E-state index in [1.54, 1.807) is 0 Å². The van der Waals surface area contributed by atoms with E-state index >= 15 is 0 Å². The van der Waals surface area contributed by atoms with Gasteiger partial charge in [0.05, 0.1) is 0 Å². The van der Waals surface area contributed by atoms with Crippen molar-refractivity contribution in [3.05, 3.63) is 48.0 Å². The van der Waals surface area contributed by atoms with Gasteiger partial charge >= 0.3 is 0 Å². The molecule has 2 fully saturated rings. The lowest BCUT2D eigenvalue weighted by Gasteiger charge is -2.37. The van der Waals surface area contributed by atoms with Gasteiger partial charge in [-0.2, -0.15) is 0 Å². The zero-order valence-corrected chi connectivity index (χ0v) is 13.8. The fourth-order valence-electron chi connectivity index (χ4n) is 3.71. The van der Waals surface area contributed by atoms with Crippen molar-refractivity contribution in [2.75, 3.05) is 26.2 Å². The largest absolute Gasteiger partial charge is 0.342 e. The quantitative estimate of drug-likeness (QED) is 0.853. The molecule has 0 N–H and O–H groups in total. The second-order valence-corrected chi connectivity index (χ2v) is 6.77. The number of benzene rings is 2. The lowest BCUT2D eigenvalue weighted by Crippen LogP contribution is -2.48. The highest BCUT2D eigenvalue weighted by Crippen LogP contribution is 2.25. The van der Waals surface area contributed by atoms with Crippen molar-refractivity contribution in [3.8, 4) is 0 Å². The molecule has 4 rings (SSSR count). The lowest BCUT2D eigenvalue weighted by molar-refractivity contribution is -0.140. The molecule has 2 aromatic carbocycles. The summed E-state index contributed by atoms with van der Waals surface area (Å²) in [4.78, 5) is 29.1. The van der Waals surface area contributed by atoms with Crippen LogP contribution in [0.2, 0.25) is 0 Å². The van der Waals surface area contributed by atoms with Crippen LogP contribution in [0.25, 0.3) is 10.8 Å². The van der Waals surface area contributed by atoms with Crippen LogP contribution in [0, 0.1) is 5.92 Å². The second kappa shape index (κ2) is 6.27. The summed E-state index contributed by atoms with van der Waals surface area (Å²) in [5.74, 6) is 0.474. The fraction of sp³-hybridized carbons (Fsp3) is 0.400. The second-order valence-electron chi connectivity index (χ2n) is 6.77. The van der Waals surface area contributed by atoms with Crippen LogP contribution in [0.15, 0.2) is 42.5 Å². The molecule has 124 valence electrons. The van der Waals surface area contributed by atoms with Gasteiger partial charge in [-0.05, 0) is 36.1 Å². The molecule has 0 unspecified atom stereocenters. The van der Waals surface area contributed by atoms with Crippen molar-refractivity contribution in [1.29, 1.82) is 0 Å². The van der Waals surface area contributed by atoms with Gasteiger partial charge in [-0.3, -0.25) is 9.59 Å². The summed E-state index contributed by atoms with van der Waals surface area (Å²) in [7, 11) is 0. The molecule has 0 saturated carbocycles. The van der Waals surface area contributed by atoms with Crippen LogP contribution in [0.4, 0.5) is 0 Å². The van der Waals surface area contributed by atoms with Crippen molar-refractivity contribution in [2.45, 2.75) is 19.3 Å². The Morgan fingerprint density at radius 1 is 0.833 bits per heavy atom. The Balaban J connectivity index is 1.47. The van der Waals surface area contributed by atoms with E-state index in [1.807, 2.05) is 52.3 Å². The third-order valence-corrected chi connectivity index (χ3v) is 5.32. The number of carbonyl (C=O) groups is 2. The molecule has 4 heteroatoms. The fourth-order valence-corrected chi connectivity index (χ4v) is 3.71. The average molecular weight is 322 g/mol. The predicted molar refractivity (Wildman–Crippen MR) is 93.8 cm³/mol. The SMILES string of the molecule is O=C(c1cccc2ccccc12)N1CCC(C(=O)N2CCC2)CC1. The molecule has 24 heavy (non-hydrogen) atoms. The molecule has 0 bridgehead atoms. The Morgan fingerprint density at radius 2 is 1.54 bits per heavy atom. The number of hydrogen-bond donors (Lipinski definition) is 0. The van der Waals surface area contributed by atoms with Crippen LogP contribution in [0.1, 0.15) is 29.6 Å². The molecule has 0 atom stereocenters. The summed E-state index contributed by atoms with van der Waals surface area (Å²) in [6, 6.07) is 13.9. The molecule has 0 aromatic heterocycles. The minimum Gasteiger partial charge on any atom is -0.342 e. The molecule has 2 aliphatic heterocycles. The van der Waals surface area contributed by atoms with E-state index in [0.717, 1.165) is 48.7 Å². The first kappa shape index (κ1) is 15.2. The van der Waals surface area contributed by atoms with E-state index in [0.29, 0.717) is 19.0 Å². The third-order valence-electron chi connectivity index (χ3n) is 5.32. The van der Waals surface area contributed by atoms with Crippen LogP contribution in [-0.2, 0) is 4.79 Å². The van der Waals surface area contributed by atoms with Gasteiger partial charge in [0, 0.05) is 37.7 Å². The van der Waals surface area contributed by atoms with E-state index in [-0.39, 0.29) is 11.8 Å². The summed E-state index contributed by atoms with van der Waals surface area (Å²) < 4.78 is 0. The highest BCUT2D eigenvalue weighted by Gasteiger charge is 2.32. The first-order valence-electron chi connectivity index (χ1n) is 8.80. The Bertz CT molecular complexity index is 769. The zero-order chi connectivity index (χ0) is 16.5. The number of hydrogen-bond acceptors (Lipinski definition) is 2. The van der Waals surface area contributed by atoms with Crippen LogP contribution in [-0.4, -0.2) is 47.8 Å². The van der Waals surface area contributed by atoms with Gasteiger partial charge in [-0.1, -0.05) is 36.4 Å². The molecule has 0 aliphatic carbocycles. The van der Waals surface area contributed by atoms with Gasteiger partial charge in [0.25, 0.3) is 5.91 Å². The molecule has 2 saturated heterocycles. The maximum Gasteiger partial charge on any atom is 0.254 e. The number of nitrogens with zero attached hydrogens (tertiary/aromatic N) is 2. The van der Waals surface area contributed by atoms with Crippen LogP contribution in [0.5, 0.6) is 0 Å². The van der Waals surface area contributed by atoms with Crippen molar-refractivity contribution >= 4 is 22.6 Å². The van der Waals surface area contributed by atoms with E-state index in [9.17, 15) is 9.59 Å². The number of rotatable bonds is 2. The smallest absolute Gasteiger partial charge is 0.254 e.